The Bertz CT molecular complexity index is 1000. The van der Waals surface area contributed by atoms with E-state index in [1.807, 2.05) is 6.92 Å². The van der Waals surface area contributed by atoms with E-state index in [1.54, 1.807) is 17.8 Å². The molecule has 148 valence electrons. The smallest absolute Gasteiger partial charge is 0.274 e. The second-order valence-corrected chi connectivity index (χ2v) is 6.72. The Morgan fingerprint density at radius 1 is 1.39 bits per heavy atom. The van der Waals surface area contributed by atoms with Gasteiger partial charge in [-0.2, -0.15) is 5.10 Å². The summed E-state index contributed by atoms with van der Waals surface area (Å²) in [7, 11) is 0. The van der Waals surface area contributed by atoms with E-state index in [1.165, 1.54) is 6.07 Å². The number of ether oxygens (including phenoxy) is 1. The predicted molar refractivity (Wildman–Crippen MR) is 98.7 cm³/mol. The third-order valence-electron chi connectivity index (χ3n) is 4.08. The van der Waals surface area contributed by atoms with Gasteiger partial charge in [-0.05, 0) is 41.9 Å². The summed E-state index contributed by atoms with van der Waals surface area (Å²) in [6, 6.07) is 2.98. The minimum Gasteiger partial charge on any atom is -0.486 e. The Morgan fingerprint density at radius 3 is 2.89 bits per heavy atom. The number of halogens is 3. The largest absolute Gasteiger partial charge is 0.486 e. The number of hydrogen-bond acceptors (Lipinski definition) is 5. The minimum atomic E-state index is -0.835. The lowest BCUT2D eigenvalue weighted by molar-refractivity contribution is 0.0938. The summed E-state index contributed by atoms with van der Waals surface area (Å²) in [6.45, 7) is 4.29. The molecule has 0 fully saturated rings. The van der Waals surface area contributed by atoms with Gasteiger partial charge in [0.2, 0.25) is 0 Å². The molecule has 28 heavy (non-hydrogen) atoms. The summed E-state index contributed by atoms with van der Waals surface area (Å²) in [4.78, 5) is 12.6. The topological polar surface area (TPSA) is 82.2 Å². The van der Waals surface area contributed by atoms with Gasteiger partial charge < -0.3 is 14.6 Å². The van der Waals surface area contributed by atoms with Gasteiger partial charge in [0, 0.05) is 12.6 Å². The summed E-state index contributed by atoms with van der Waals surface area (Å²) < 4.78 is 39.7. The number of aromatic nitrogens is 3. The van der Waals surface area contributed by atoms with Gasteiger partial charge >= 0.3 is 0 Å². The van der Waals surface area contributed by atoms with Crippen molar-refractivity contribution in [2.75, 3.05) is 0 Å². The molecule has 3 aromatic rings. The van der Waals surface area contributed by atoms with E-state index in [0.29, 0.717) is 17.9 Å². The van der Waals surface area contributed by atoms with E-state index in [2.05, 4.69) is 31.5 Å². The minimum absolute atomic E-state index is 0.0405. The maximum absolute atomic E-state index is 13.7. The van der Waals surface area contributed by atoms with Crippen molar-refractivity contribution in [2.24, 2.45) is 0 Å². The highest BCUT2D eigenvalue weighted by Gasteiger charge is 2.21. The Kier molecular flexibility index (Phi) is 6.08. The van der Waals surface area contributed by atoms with Crippen LogP contribution in [0.2, 0.25) is 0 Å². The average Bonchev–Trinajstić information content (AvgIpc) is 3.21. The number of aryl methyl sites for hydroxylation is 2. The van der Waals surface area contributed by atoms with Crippen molar-refractivity contribution in [1.29, 1.82) is 0 Å². The lowest BCUT2D eigenvalue weighted by Gasteiger charge is -2.09. The molecule has 0 atom stereocenters. The maximum Gasteiger partial charge on any atom is 0.274 e. The van der Waals surface area contributed by atoms with Gasteiger partial charge in [0.1, 0.15) is 18.2 Å². The molecule has 7 nitrogen and oxygen atoms in total. The Balaban J connectivity index is 1.71. The molecule has 1 N–H and O–H groups in total. The molecule has 0 aliphatic rings. The summed E-state index contributed by atoms with van der Waals surface area (Å²) >= 11 is 3.39. The lowest BCUT2D eigenvalue weighted by atomic mass is 10.2. The van der Waals surface area contributed by atoms with Crippen molar-refractivity contribution in [3.63, 3.8) is 0 Å². The van der Waals surface area contributed by atoms with Crippen molar-refractivity contribution in [1.82, 2.24) is 20.3 Å². The summed E-state index contributed by atoms with van der Waals surface area (Å²) in [6.07, 6.45) is 1.65. The van der Waals surface area contributed by atoms with Crippen LogP contribution in [-0.4, -0.2) is 20.8 Å². The number of hydrogen-bond donors (Lipinski definition) is 1. The van der Waals surface area contributed by atoms with Gasteiger partial charge in [-0.25, -0.2) is 8.78 Å². The standard InChI is InChI=1S/C18H17BrF2N4O3/c1-3-25-15(13(19)7-23-25)8-22-18(26)17-12(10(2)28-24-17)9-27-16-5-4-11(20)6-14(16)21/h4-7H,3,8-9H2,1-2H3,(H,22,26). The third-order valence-corrected chi connectivity index (χ3v) is 4.74. The van der Waals surface area contributed by atoms with Crippen molar-refractivity contribution < 1.29 is 22.8 Å². The van der Waals surface area contributed by atoms with Gasteiger partial charge in [-0.15, -0.1) is 0 Å². The number of rotatable bonds is 7. The Hall–Kier alpha value is -2.75. The highest BCUT2D eigenvalue weighted by atomic mass is 79.9. The first-order valence-corrected chi connectivity index (χ1v) is 9.21. The molecule has 0 aliphatic heterocycles. The second kappa shape index (κ2) is 8.51. The SMILES string of the molecule is CCn1ncc(Br)c1CNC(=O)c1noc(C)c1COc1ccc(F)cc1F. The summed E-state index contributed by atoms with van der Waals surface area (Å²) in [5, 5.41) is 10.7. The van der Waals surface area contributed by atoms with Crippen LogP contribution >= 0.6 is 15.9 Å². The van der Waals surface area contributed by atoms with Crippen LogP contribution in [0.1, 0.15) is 34.4 Å². The van der Waals surface area contributed by atoms with Crippen LogP contribution in [0.3, 0.4) is 0 Å². The van der Waals surface area contributed by atoms with Crippen molar-refractivity contribution in [3.8, 4) is 5.75 Å². The number of carbonyl (C=O) groups is 1. The molecule has 0 radical (unpaired) electrons. The predicted octanol–water partition coefficient (Wildman–Crippen LogP) is 3.75. The zero-order chi connectivity index (χ0) is 20.3. The summed E-state index contributed by atoms with van der Waals surface area (Å²) in [5.74, 6) is -1.77. The van der Waals surface area contributed by atoms with Crippen LogP contribution in [0, 0.1) is 18.6 Å². The van der Waals surface area contributed by atoms with Crippen LogP contribution in [0.4, 0.5) is 8.78 Å². The Morgan fingerprint density at radius 2 is 2.18 bits per heavy atom. The number of carbonyl (C=O) groups excluding carboxylic acids is 1. The average molecular weight is 455 g/mol. The molecule has 0 saturated heterocycles. The number of amides is 1. The van der Waals surface area contributed by atoms with E-state index in [4.69, 9.17) is 9.26 Å². The highest BCUT2D eigenvalue weighted by molar-refractivity contribution is 9.10. The first-order valence-electron chi connectivity index (χ1n) is 8.42. The number of nitrogens with one attached hydrogen (secondary N) is 1. The molecular weight excluding hydrogens is 438 g/mol. The van der Waals surface area contributed by atoms with E-state index in [-0.39, 0.29) is 24.6 Å². The molecule has 0 saturated carbocycles. The van der Waals surface area contributed by atoms with E-state index >= 15 is 0 Å². The fraction of sp³-hybridized carbons (Fsp3) is 0.278. The molecule has 2 aromatic heterocycles. The summed E-state index contributed by atoms with van der Waals surface area (Å²) in [5.41, 5.74) is 1.23. The molecule has 1 aromatic carbocycles. The van der Waals surface area contributed by atoms with Crippen molar-refractivity contribution >= 4 is 21.8 Å². The molecule has 1 amide bonds. The molecule has 10 heteroatoms. The van der Waals surface area contributed by atoms with Crippen molar-refractivity contribution in [2.45, 2.75) is 33.5 Å². The van der Waals surface area contributed by atoms with E-state index < -0.39 is 17.5 Å². The molecule has 2 heterocycles. The van der Waals surface area contributed by atoms with E-state index in [9.17, 15) is 13.6 Å². The highest BCUT2D eigenvalue weighted by Crippen LogP contribution is 2.22. The van der Waals surface area contributed by atoms with E-state index in [0.717, 1.165) is 22.3 Å². The molecular formula is C18H17BrF2N4O3. The number of benzene rings is 1. The van der Waals surface area contributed by atoms with Crippen LogP contribution in [0.5, 0.6) is 5.75 Å². The molecule has 0 unspecified atom stereocenters. The molecule has 0 bridgehead atoms. The van der Waals surface area contributed by atoms with Crippen LogP contribution in [-0.2, 0) is 19.7 Å². The quantitative estimate of drug-likeness (QED) is 0.587. The lowest BCUT2D eigenvalue weighted by Crippen LogP contribution is -2.26. The first kappa shape index (κ1) is 20.0. The molecule has 0 spiro atoms. The van der Waals surface area contributed by atoms with Gasteiger partial charge in [0.05, 0.1) is 28.5 Å². The van der Waals surface area contributed by atoms with Crippen LogP contribution in [0.15, 0.2) is 33.4 Å². The maximum atomic E-state index is 13.7. The van der Waals surface area contributed by atoms with Gasteiger partial charge in [0.25, 0.3) is 5.91 Å². The third kappa shape index (κ3) is 4.22. The molecule has 0 aliphatic carbocycles. The van der Waals surface area contributed by atoms with Gasteiger partial charge in [0.15, 0.2) is 17.3 Å². The van der Waals surface area contributed by atoms with Crippen LogP contribution in [0.25, 0.3) is 0 Å². The van der Waals surface area contributed by atoms with Crippen LogP contribution < -0.4 is 10.1 Å². The monoisotopic (exact) mass is 454 g/mol. The Labute approximate surface area is 167 Å². The zero-order valence-electron chi connectivity index (χ0n) is 15.1. The normalized spacial score (nSPS) is 10.9. The van der Waals surface area contributed by atoms with Crippen molar-refractivity contribution in [3.05, 3.63) is 63.2 Å². The zero-order valence-corrected chi connectivity index (χ0v) is 16.7. The number of nitrogens with zero attached hydrogens (tertiary/aromatic N) is 3. The van der Waals surface area contributed by atoms with Gasteiger partial charge in [-0.1, -0.05) is 5.16 Å². The fourth-order valence-electron chi connectivity index (χ4n) is 2.57. The first-order chi connectivity index (χ1) is 13.4. The molecule has 3 rings (SSSR count). The second-order valence-electron chi connectivity index (χ2n) is 5.87. The fourth-order valence-corrected chi connectivity index (χ4v) is 3.00. The van der Waals surface area contributed by atoms with Gasteiger partial charge in [-0.3, -0.25) is 9.48 Å².